The van der Waals surface area contributed by atoms with Crippen molar-refractivity contribution in [1.29, 1.82) is 0 Å². The molecular formula is C33H38N6O5S. The molecule has 2 aliphatic heterocycles. The Morgan fingerprint density at radius 2 is 1.62 bits per heavy atom. The molecule has 236 valence electrons. The average molecular weight is 631 g/mol. The first-order valence-corrected chi connectivity index (χ1v) is 15.3. The van der Waals surface area contributed by atoms with Crippen molar-refractivity contribution in [3.05, 3.63) is 70.7 Å². The minimum absolute atomic E-state index is 0.113. The lowest BCUT2D eigenvalue weighted by Gasteiger charge is -2.52. The number of amides is 2. The van der Waals surface area contributed by atoms with E-state index in [-0.39, 0.29) is 23.0 Å². The Hall–Kier alpha value is -4.45. The smallest absolute Gasteiger partial charge is 0.422 e. The van der Waals surface area contributed by atoms with Crippen molar-refractivity contribution in [2.75, 3.05) is 7.11 Å². The number of carboxylic acid groups (broad SMARTS) is 2. The minimum Gasteiger partial charge on any atom is -0.496 e. The van der Waals surface area contributed by atoms with Crippen molar-refractivity contribution in [2.24, 2.45) is 15.2 Å². The van der Waals surface area contributed by atoms with E-state index in [2.05, 4.69) is 46.5 Å². The summed E-state index contributed by atoms with van der Waals surface area (Å²) in [7, 11) is 1.60. The van der Waals surface area contributed by atoms with Gasteiger partial charge >= 0.3 is 12.2 Å². The second kappa shape index (κ2) is 11.2. The highest BCUT2D eigenvalue weighted by Crippen LogP contribution is 2.66. The van der Waals surface area contributed by atoms with E-state index >= 15 is 0 Å². The molecule has 2 N–H and O–H groups in total. The zero-order valence-electron chi connectivity index (χ0n) is 27.0. The van der Waals surface area contributed by atoms with Crippen LogP contribution in [0.2, 0.25) is 0 Å². The van der Waals surface area contributed by atoms with Crippen LogP contribution in [0.5, 0.6) is 5.75 Å². The lowest BCUT2D eigenvalue weighted by atomic mass is 9.61. The van der Waals surface area contributed by atoms with Crippen molar-refractivity contribution >= 4 is 30.0 Å². The van der Waals surface area contributed by atoms with Crippen LogP contribution in [0.15, 0.2) is 47.0 Å². The first kappa shape index (κ1) is 32.0. The maximum Gasteiger partial charge on any atom is 0.422 e. The number of rotatable bonds is 4. The van der Waals surface area contributed by atoms with E-state index in [0.29, 0.717) is 22.7 Å². The highest BCUT2D eigenvalue weighted by Gasteiger charge is 2.58. The molecule has 0 bridgehead atoms. The lowest BCUT2D eigenvalue weighted by Crippen LogP contribution is -2.47. The molecule has 11 nitrogen and oxygen atoms in total. The van der Waals surface area contributed by atoms with Gasteiger partial charge in [0.25, 0.3) is 0 Å². The molecule has 3 aliphatic rings. The van der Waals surface area contributed by atoms with Gasteiger partial charge in [-0.15, -0.1) is 0 Å². The number of amidine groups is 1. The second-order valence-corrected chi connectivity index (χ2v) is 14.2. The molecule has 3 heterocycles. The lowest BCUT2D eigenvalue weighted by molar-refractivity contribution is 0.142. The van der Waals surface area contributed by atoms with Crippen LogP contribution in [0, 0.1) is 24.7 Å². The SMILES string of the molecule is COc1c(C)cnc(Cn2nc3cc(-c4ccccc4)c4c-3c(n2)C(N(C(=O)O)C(=O)O)=NSC4(C(C)(C)C)C(C)(C)C)c1C. The quantitative estimate of drug-likeness (QED) is 0.219. The molecule has 2 amide bonds. The number of methoxy groups -OCH3 is 1. The fourth-order valence-electron chi connectivity index (χ4n) is 6.74. The number of hydrogen-bond acceptors (Lipinski definition) is 8. The van der Waals surface area contributed by atoms with Gasteiger partial charge in [0.2, 0.25) is 0 Å². The second-order valence-electron chi connectivity index (χ2n) is 13.3. The van der Waals surface area contributed by atoms with Crippen molar-refractivity contribution < 1.29 is 24.5 Å². The van der Waals surface area contributed by atoms with E-state index < -0.39 is 27.8 Å². The number of aryl methyl sites for hydroxylation is 1. The normalized spacial score (nSPS) is 14.6. The van der Waals surface area contributed by atoms with Crippen LogP contribution < -0.4 is 4.74 Å². The summed E-state index contributed by atoms with van der Waals surface area (Å²) in [6.07, 6.45) is -1.65. The number of pyridine rings is 1. The third-order valence-electron chi connectivity index (χ3n) is 8.40. The van der Waals surface area contributed by atoms with Gasteiger partial charge in [-0.3, -0.25) is 4.98 Å². The van der Waals surface area contributed by atoms with E-state index in [9.17, 15) is 19.8 Å². The van der Waals surface area contributed by atoms with Crippen LogP contribution in [0.1, 0.15) is 69.6 Å². The van der Waals surface area contributed by atoms with Gasteiger partial charge in [-0.2, -0.15) is 24.3 Å². The highest BCUT2D eigenvalue weighted by atomic mass is 32.2. The summed E-state index contributed by atoms with van der Waals surface area (Å²) in [5.41, 5.74) is 5.37. The van der Waals surface area contributed by atoms with Gasteiger partial charge in [0.1, 0.15) is 18.0 Å². The molecule has 0 atom stereocenters. The molecule has 1 aliphatic carbocycles. The molecule has 0 radical (unpaired) electrons. The average Bonchev–Trinajstić information content (AvgIpc) is 3.24. The Kier molecular flexibility index (Phi) is 7.93. The summed E-state index contributed by atoms with van der Waals surface area (Å²) < 4.78 is 9.58. The Bertz CT molecular complexity index is 1770. The van der Waals surface area contributed by atoms with Crippen LogP contribution >= 0.6 is 11.9 Å². The molecule has 45 heavy (non-hydrogen) atoms. The van der Waals surface area contributed by atoms with E-state index in [0.717, 1.165) is 27.8 Å². The maximum absolute atomic E-state index is 12.5. The summed E-state index contributed by atoms with van der Waals surface area (Å²) in [6, 6.07) is 11.9. The predicted molar refractivity (Wildman–Crippen MR) is 174 cm³/mol. The van der Waals surface area contributed by atoms with Gasteiger partial charge in [-0.1, -0.05) is 71.9 Å². The summed E-state index contributed by atoms with van der Waals surface area (Å²) in [6.45, 7) is 16.6. The van der Waals surface area contributed by atoms with Crippen LogP contribution in [0.4, 0.5) is 9.59 Å². The number of benzene rings is 1. The van der Waals surface area contributed by atoms with Gasteiger partial charge in [0.05, 0.1) is 23.2 Å². The Labute approximate surface area is 266 Å². The highest BCUT2D eigenvalue weighted by molar-refractivity contribution is 7.99. The zero-order chi connectivity index (χ0) is 33.1. The van der Waals surface area contributed by atoms with E-state index in [1.165, 1.54) is 16.7 Å². The fourth-order valence-corrected chi connectivity index (χ4v) is 7.98. The van der Waals surface area contributed by atoms with Crippen LogP contribution in [-0.2, 0) is 11.3 Å². The maximum atomic E-state index is 12.5. The molecule has 12 heteroatoms. The van der Waals surface area contributed by atoms with Crippen LogP contribution in [0.25, 0.3) is 22.4 Å². The van der Waals surface area contributed by atoms with Gasteiger partial charge in [-0.25, -0.2) is 9.59 Å². The van der Waals surface area contributed by atoms with E-state index in [4.69, 9.17) is 19.3 Å². The summed E-state index contributed by atoms with van der Waals surface area (Å²) >= 11 is 1.19. The molecule has 1 aromatic heterocycles. The summed E-state index contributed by atoms with van der Waals surface area (Å²) in [5.74, 6) is 0.401. The number of imide groups is 1. The first-order chi connectivity index (χ1) is 21.0. The molecule has 0 spiro atoms. The molecule has 0 fully saturated rings. The fraction of sp³-hybridized carbons (Fsp3) is 0.394. The third kappa shape index (κ3) is 5.10. The van der Waals surface area contributed by atoms with Gasteiger partial charge in [-0.05, 0) is 59.4 Å². The number of aromatic nitrogens is 4. The van der Waals surface area contributed by atoms with E-state index in [1.807, 2.05) is 50.2 Å². The topological polar surface area (TPSA) is 143 Å². The van der Waals surface area contributed by atoms with E-state index in [1.54, 1.807) is 13.3 Å². The van der Waals surface area contributed by atoms with Gasteiger partial charge < -0.3 is 14.9 Å². The first-order valence-electron chi connectivity index (χ1n) is 14.5. The predicted octanol–water partition coefficient (Wildman–Crippen LogP) is 7.47. The molecule has 0 saturated heterocycles. The van der Waals surface area contributed by atoms with Crippen molar-refractivity contribution in [1.82, 2.24) is 24.9 Å². The number of ether oxygens (including phenoxy) is 1. The minimum atomic E-state index is -1.68. The van der Waals surface area contributed by atoms with Crippen molar-refractivity contribution in [3.63, 3.8) is 0 Å². The van der Waals surface area contributed by atoms with Gasteiger partial charge in [0, 0.05) is 22.9 Å². The molecule has 1 aromatic carbocycles. The Balaban J connectivity index is 1.93. The molecular weight excluding hydrogens is 592 g/mol. The molecule has 0 saturated carbocycles. The number of nitrogens with zero attached hydrogens (tertiary/aromatic N) is 6. The zero-order valence-corrected chi connectivity index (χ0v) is 27.8. The summed E-state index contributed by atoms with van der Waals surface area (Å²) in [5, 5.41) is 30.0. The number of hydrogen-bond donors (Lipinski definition) is 2. The molecule has 2 aromatic rings. The monoisotopic (exact) mass is 630 g/mol. The van der Waals surface area contributed by atoms with Crippen molar-refractivity contribution in [2.45, 2.75) is 66.7 Å². The third-order valence-corrected chi connectivity index (χ3v) is 10.4. The molecule has 5 rings (SSSR count). The van der Waals surface area contributed by atoms with Crippen LogP contribution in [-0.4, -0.2) is 60.2 Å². The van der Waals surface area contributed by atoms with Gasteiger partial charge in [0.15, 0.2) is 5.84 Å². The number of carbonyl (C=O) groups is 2. The van der Waals surface area contributed by atoms with Crippen molar-refractivity contribution in [3.8, 4) is 28.1 Å². The largest absolute Gasteiger partial charge is 0.496 e. The Morgan fingerprint density at radius 1 is 1.00 bits per heavy atom. The summed E-state index contributed by atoms with van der Waals surface area (Å²) in [4.78, 5) is 31.2. The van der Waals surface area contributed by atoms with Crippen LogP contribution in [0.3, 0.4) is 0 Å². The molecule has 0 unspecified atom stereocenters. The standard InChI is InChI=1S/C33H38N6O5S/c1-18-16-34-23(19(2)27(18)44-9)17-38-35-22-15-21(20-13-11-10-12-14-20)25-24(22)26(36-38)28(39(29(40)41)30(42)43)37-45-33(25,31(3,4)5)32(6,7)8/h10-16H,17H2,1-9H3,(H,40,41)(H,42,43). The Morgan fingerprint density at radius 3 is 2.18 bits per heavy atom.